The van der Waals surface area contributed by atoms with Crippen LogP contribution in [0.15, 0.2) is 53.4 Å². The van der Waals surface area contributed by atoms with Gasteiger partial charge in [-0.15, -0.1) is 0 Å². The van der Waals surface area contributed by atoms with Crippen molar-refractivity contribution in [3.8, 4) is 0 Å². The van der Waals surface area contributed by atoms with E-state index in [1.807, 2.05) is 0 Å². The fraction of sp³-hybridized carbons (Fsp3) is 0.350. The Morgan fingerprint density at radius 1 is 1.03 bits per heavy atom. The van der Waals surface area contributed by atoms with Crippen LogP contribution in [0.2, 0.25) is 0 Å². The second kappa shape index (κ2) is 8.30. The molecule has 1 aliphatic rings. The first-order valence-corrected chi connectivity index (χ1v) is 10.8. The van der Waals surface area contributed by atoms with Gasteiger partial charge >= 0.3 is 0 Å². The Hall–Kier alpha value is -2.78. The smallest absolute Gasteiger partial charge is 0.269 e. The molecule has 3 rings (SSSR count). The number of non-ortho nitro benzene ring substituents is 1. The Kier molecular flexibility index (Phi) is 5.99. The van der Waals surface area contributed by atoms with Gasteiger partial charge < -0.3 is 5.32 Å². The maximum Gasteiger partial charge on any atom is 0.269 e. The second-order valence-electron chi connectivity index (χ2n) is 7.55. The fourth-order valence-corrected chi connectivity index (χ4v) is 5.28. The van der Waals surface area contributed by atoms with E-state index in [0.717, 1.165) is 6.42 Å². The Labute approximate surface area is 169 Å². The van der Waals surface area contributed by atoms with Crippen molar-refractivity contribution in [2.45, 2.75) is 25.2 Å². The molecule has 0 spiro atoms. The van der Waals surface area contributed by atoms with Crippen LogP contribution in [-0.4, -0.2) is 36.6 Å². The third-order valence-corrected chi connectivity index (χ3v) is 6.77. The summed E-state index contributed by atoms with van der Waals surface area (Å²) in [6, 6.07) is 11.3. The lowest BCUT2D eigenvalue weighted by Crippen LogP contribution is -2.42. The van der Waals surface area contributed by atoms with Crippen LogP contribution in [0.4, 0.5) is 11.4 Å². The summed E-state index contributed by atoms with van der Waals surface area (Å²) >= 11 is 0. The van der Waals surface area contributed by atoms with Gasteiger partial charge in [0.2, 0.25) is 10.0 Å². The number of nitro benzene ring substituents is 1. The molecule has 29 heavy (non-hydrogen) atoms. The number of nitro groups is 1. The Bertz CT molecular complexity index is 993. The van der Waals surface area contributed by atoms with Gasteiger partial charge in [-0.25, -0.2) is 8.42 Å². The topological polar surface area (TPSA) is 110 Å². The normalized spacial score (nSPS) is 20.2. The molecule has 1 fully saturated rings. The summed E-state index contributed by atoms with van der Waals surface area (Å²) in [5.41, 5.74) is 0.605. The summed E-state index contributed by atoms with van der Waals surface area (Å²) in [6.45, 7) is 5.11. The molecular weight excluding hydrogens is 394 g/mol. The highest BCUT2D eigenvalue weighted by molar-refractivity contribution is 7.89. The number of carbonyl (C=O) groups excluding carboxylic acids is 1. The van der Waals surface area contributed by atoms with Crippen LogP contribution < -0.4 is 5.32 Å². The van der Waals surface area contributed by atoms with Gasteiger partial charge in [0.25, 0.3) is 11.6 Å². The molecule has 2 aromatic rings. The molecule has 1 N–H and O–H groups in total. The van der Waals surface area contributed by atoms with Crippen molar-refractivity contribution in [1.29, 1.82) is 0 Å². The van der Waals surface area contributed by atoms with Gasteiger partial charge in [-0.1, -0.05) is 13.8 Å². The molecule has 0 aliphatic carbocycles. The average Bonchev–Trinajstić information content (AvgIpc) is 2.67. The summed E-state index contributed by atoms with van der Waals surface area (Å²) in [6.07, 6.45) is 1.01. The van der Waals surface area contributed by atoms with Crippen molar-refractivity contribution in [3.05, 3.63) is 64.2 Å². The standard InChI is InChI=1S/C20H23N3O5S/c1-14-11-15(2)13-22(12-14)29(27,28)19-9-5-17(6-10-19)21-20(24)16-3-7-18(8-4-16)23(25)26/h3-10,14-15H,11-13H2,1-2H3,(H,21,24)/t14-,15+. The molecule has 0 bridgehead atoms. The molecule has 2 aromatic carbocycles. The third kappa shape index (κ3) is 4.80. The van der Waals surface area contributed by atoms with E-state index in [-0.39, 0.29) is 16.1 Å². The molecular formula is C20H23N3O5S. The molecule has 2 atom stereocenters. The van der Waals surface area contributed by atoms with Gasteiger partial charge in [0.15, 0.2) is 0 Å². The van der Waals surface area contributed by atoms with Crippen molar-refractivity contribution >= 4 is 27.3 Å². The van der Waals surface area contributed by atoms with Crippen LogP contribution >= 0.6 is 0 Å². The Morgan fingerprint density at radius 3 is 2.10 bits per heavy atom. The molecule has 0 radical (unpaired) electrons. The maximum atomic E-state index is 12.9. The van der Waals surface area contributed by atoms with Gasteiger partial charge in [-0.05, 0) is 54.7 Å². The van der Waals surface area contributed by atoms with Gasteiger partial charge in [-0.3, -0.25) is 14.9 Å². The Morgan fingerprint density at radius 2 is 1.59 bits per heavy atom. The van der Waals surface area contributed by atoms with E-state index >= 15 is 0 Å². The van der Waals surface area contributed by atoms with Crippen LogP contribution in [0.1, 0.15) is 30.6 Å². The minimum absolute atomic E-state index is 0.0996. The monoisotopic (exact) mass is 417 g/mol. The van der Waals surface area contributed by atoms with Crippen LogP contribution in [0.25, 0.3) is 0 Å². The predicted molar refractivity (Wildman–Crippen MR) is 109 cm³/mol. The minimum atomic E-state index is -3.58. The Balaban J connectivity index is 1.71. The van der Waals surface area contributed by atoms with E-state index in [1.54, 1.807) is 0 Å². The number of nitrogens with one attached hydrogen (secondary N) is 1. The largest absolute Gasteiger partial charge is 0.322 e. The zero-order valence-corrected chi connectivity index (χ0v) is 17.1. The molecule has 0 aromatic heterocycles. The lowest BCUT2D eigenvalue weighted by Gasteiger charge is -2.34. The number of amides is 1. The number of anilines is 1. The molecule has 1 amide bonds. The molecule has 8 nitrogen and oxygen atoms in total. The number of nitrogens with zero attached hydrogens (tertiary/aromatic N) is 2. The highest BCUT2D eigenvalue weighted by atomic mass is 32.2. The van der Waals surface area contributed by atoms with Crippen molar-refractivity contribution < 1.29 is 18.1 Å². The van der Waals surface area contributed by atoms with Crippen molar-refractivity contribution in [2.24, 2.45) is 11.8 Å². The van der Waals surface area contributed by atoms with E-state index in [0.29, 0.717) is 30.6 Å². The highest BCUT2D eigenvalue weighted by Gasteiger charge is 2.31. The number of carbonyl (C=O) groups is 1. The molecule has 1 heterocycles. The predicted octanol–water partition coefficient (Wildman–Crippen LogP) is 3.51. The van der Waals surface area contributed by atoms with E-state index in [4.69, 9.17) is 0 Å². The molecule has 0 unspecified atom stereocenters. The van der Waals surface area contributed by atoms with E-state index < -0.39 is 20.9 Å². The van der Waals surface area contributed by atoms with Gasteiger partial charge in [0.1, 0.15) is 0 Å². The van der Waals surface area contributed by atoms with Crippen molar-refractivity contribution in [1.82, 2.24) is 4.31 Å². The summed E-state index contributed by atoms with van der Waals surface area (Å²) in [4.78, 5) is 22.6. The molecule has 1 aliphatic heterocycles. The van der Waals surface area contributed by atoms with Crippen LogP contribution in [0, 0.1) is 22.0 Å². The highest BCUT2D eigenvalue weighted by Crippen LogP contribution is 2.27. The second-order valence-corrected chi connectivity index (χ2v) is 9.49. The lowest BCUT2D eigenvalue weighted by molar-refractivity contribution is -0.384. The number of piperidine rings is 1. The molecule has 1 saturated heterocycles. The zero-order valence-electron chi connectivity index (χ0n) is 16.2. The first kappa shape index (κ1) is 20.9. The maximum absolute atomic E-state index is 12.9. The average molecular weight is 417 g/mol. The first-order valence-electron chi connectivity index (χ1n) is 9.33. The molecule has 0 saturated carbocycles. The van der Waals surface area contributed by atoms with Crippen LogP contribution in [0.5, 0.6) is 0 Å². The van der Waals surface area contributed by atoms with Crippen LogP contribution in [0.3, 0.4) is 0 Å². The quantitative estimate of drug-likeness (QED) is 0.591. The summed E-state index contributed by atoms with van der Waals surface area (Å²) in [5, 5.41) is 13.4. The number of hydrogen-bond donors (Lipinski definition) is 1. The summed E-state index contributed by atoms with van der Waals surface area (Å²) in [5.74, 6) is 0.191. The van der Waals surface area contributed by atoms with E-state index in [1.165, 1.54) is 52.8 Å². The summed E-state index contributed by atoms with van der Waals surface area (Å²) in [7, 11) is -3.58. The minimum Gasteiger partial charge on any atom is -0.322 e. The summed E-state index contributed by atoms with van der Waals surface area (Å²) < 4.78 is 27.3. The third-order valence-electron chi connectivity index (χ3n) is 4.93. The lowest BCUT2D eigenvalue weighted by atomic mass is 9.94. The van der Waals surface area contributed by atoms with Crippen molar-refractivity contribution in [3.63, 3.8) is 0 Å². The van der Waals surface area contributed by atoms with E-state index in [2.05, 4.69) is 19.2 Å². The zero-order chi connectivity index (χ0) is 21.2. The molecule has 154 valence electrons. The van der Waals surface area contributed by atoms with Crippen molar-refractivity contribution in [2.75, 3.05) is 18.4 Å². The molecule has 9 heteroatoms. The van der Waals surface area contributed by atoms with Gasteiger partial charge in [-0.2, -0.15) is 4.31 Å². The number of sulfonamides is 1. The number of benzene rings is 2. The van der Waals surface area contributed by atoms with Gasteiger partial charge in [0.05, 0.1) is 9.82 Å². The number of rotatable bonds is 5. The fourth-order valence-electron chi connectivity index (χ4n) is 3.60. The van der Waals surface area contributed by atoms with Gasteiger partial charge in [0, 0.05) is 36.5 Å². The first-order chi connectivity index (χ1) is 13.7. The van der Waals surface area contributed by atoms with E-state index in [9.17, 15) is 23.3 Å². The van der Waals surface area contributed by atoms with Crippen LogP contribution in [-0.2, 0) is 10.0 Å². The SMILES string of the molecule is C[C@@H]1C[C@H](C)CN(S(=O)(=O)c2ccc(NC(=O)c3ccc([N+](=O)[O-])cc3)cc2)C1. The number of hydrogen-bond acceptors (Lipinski definition) is 5.